The minimum absolute atomic E-state index is 0. The number of hydrogen-bond acceptors (Lipinski definition) is 3. The van der Waals surface area contributed by atoms with Crippen molar-refractivity contribution >= 4 is 0 Å². The van der Waals surface area contributed by atoms with E-state index in [0.717, 1.165) is 31.6 Å². The summed E-state index contributed by atoms with van der Waals surface area (Å²) < 4.78 is 5.43. The van der Waals surface area contributed by atoms with E-state index in [1.807, 2.05) is 19.9 Å². The van der Waals surface area contributed by atoms with Gasteiger partial charge in [0, 0.05) is 7.49 Å². The molecule has 0 heterocycles. The molecule has 0 atom stereocenters. The first-order valence-corrected chi connectivity index (χ1v) is 5.95. The molecule has 0 bridgehead atoms. The SMILES string of the molecule is CC.NCCCCCOc1cccc(O)c1.[HH]. The molecule has 0 radical (unpaired) electrons. The Labute approximate surface area is 99.7 Å². The van der Waals surface area contributed by atoms with Gasteiger partial charge in [-0.05, 0) is 37.9 Å². The van der Waals surface area contributed by atoms with Crippen molar-refractivity contribution in [3.05, 3.63) is 24.3 Å². The molecule has 0 aliphatic rings. The van der Waals surface area contributed by atoms with E-state index in [4.69, 9.17) is 15.6 Å². The first kappa shape index (κ1) is 14.8. The lowest BCUT2D eigenvalue weighted by molar-refractivity contribution is 0.304. The third kappa shape index (κ3) is 7.12. The van der Waals surface area contributed by atoms with Crippen LogP contribution in [-0.2, 0) is 0 Å². The summed E-state index contributed by atoms with van der Waals surface area (Å²) in [6.45, 7) is 5.43. The molecular weight excluding hydrogens is 202 g/mol. The molecule has 0 amide bonds. The molecule has 0 unspecified atom stereocenters. The molecule has 1 aromatic carbocycles. The van der Waals surface area contributed by atoms with Crippen molar-refractivity contribution in [2.45, 2.75) is 33.1 Å². The average molecular weight is 227 g/mol. The standard InChI is InChI=1S/C11H17NO2.C2H6.H2/c12-7-2-1-3-8-14-11-6-4-5-10(13)9-11;1-2;/h4-6,9,13H,1-3,7-8,12H2;1-2H3;1H. The largest absolute Gasteiger partial charge is 0.508 e. The molecule has 0 aliphatic carbocycles. The summed E-state index contributed by atoms with van der Waals surface area (Å²) >= 11 is 0. The fourth-order valence-electron chi connectivity index (χ4n) is 1.19. The molecule has 0 aliphatic heterocycles. The van der Waals surface area contributed by atoms with E-state index in [1.54, 1.807) is 18.2 Å². The summed E-state index contributed by atoms with van der Waals surface area (Å²) in [5.41, 5.74) is 5.37. The number of rotatable bonds is 6. The molecule has 0 saturated heterocycles. The van der Waals surface area contributed by atoms with Gasteiger partial charge in [0.15, 0.2) is 0 Å². The number of nitrogens with two attached hydrogens (primary N) is 1. The van der Waals surface area contributed by atoms with E-state index in [1.165, 1.54) is 0 Å². The molecule has 1 aromatic rings. The molecule has 0 fully saturated rings. The van der Waals surface area contributed by atoms with Crippen LogP contribution >= 0.6 is 0 Å². The summed E-state index contributed by atoms with van der Waals surface area (Å²) in [7, 11) is 0. The minimum Gasteiger partial charge on any atom is -0.508 e. The third-order valence-electron chi connectivity index (χ3n) is 1.93. The number of benzene rings is 1. The number of unbranched alkanes of at least 4 members (excludes halogenated alkanes) is 2. The Morgan fingerprint density at radius 1 is 1.25 bits per heavy atom. The lowest BCUT2D eigenvalue weighted by atomic mass is 10.2. The van der Waals surface area contributed by atoms with Crippen molar-refractivity contribution in [3.8, 4) is 11.5 Å². The van der Waals surface area contributed by atoms with Crippen LogP contribution in [0.25, 0.3) is 0 Å². The van der Waals surface area contributed by atoms with Gasteiger partial charge in [-0.15, -0.1) is 0 Å². The van der Waals surface area contributed by atoms with E-state index in [9.17, 15) is 0 Å². The van der Waals surface area contributed by atoms with Crippen LogP contribution in [0.5, 0.6) is 11.5 Å². The Morgan fingerprint density at radius 3 is 2.62 bits per heavy atom. The third-order valence-corrected chi connectivity index (χ3v) is 1.93. The van der Waals surface area contributed by atoms with Crippen molar-refractivity contribution < 1.29 is 11.3 Å². The average Bonchev–Trinajstić information content (AvgIpc) is 2.32. The maximum atomic E-state index is 9.16. The quantitative estimate of drug-likeness (QED) is 0.734. The van der Waals surface area contributed by atoms with Gasteiger partial charge in [0.05, 0.1) is 6.61 Å². The Bertz CT molecular complexity index is 269. The summed E-state index contributed by atoms with van der Waals surface area (Å²) in [5.74, 6) is 0.960. The first-order valence-electron chi connectivity index (χ1n) is 5.95. The smallest absolute Gasteiger partial charge is 0.122 e. The Morgan fingerprint density at radius 2 is 2.00 bits per heavy atom. The highest BCUT2D eigenvalue weighted by Crippen LogP contribution is 2.17. The number of phenols is 1. The highest BCUT2D eigenvalue weighted by atomic mass is 16.5. The zero-order valence-corrected chi connectivity index (χ0v) is 10.3. The van der Waals surface area contributed by atoms with Crippen molar-refractivity contribution in [1.82, 2.24) is 0 Å². The van der Waals surface area contributed by atoms with Crippen LogP contribution in [0.15, 0.2) is 24.3 Å². The molecule has 0 aromatic heterocycles. The predicted octanol–water partition coefficient (Wildman–Crippen LogP) is 3.17. The zero-order valence-electron chi connectivity index (χ0n) is 10.3. The molecular formula is C13H25NO2. The van der Waals surface area contributed by atoms with Crippen LogP contribution in [0.3, 0.4) is 0 Å². The number of aromatic hydroxyl groups is 1. The van der Waals surface area contributed by atoms with Crippen molar-refractivity contribution in [2.75, 3.05) is 13.2 Å². The maximum absolute atomic E-state index is 9.16. The van der Waals surface area contributed by atoms with Gasteiger partial charge in [-0.2, -0.15) is 0 Å². The predicted molar refractivity (Wildman–Crippen MR) is 70.0 cm³/mol. The number of ether oxygens (including phenoxy) is 1. The molecule has 3 N–H and O–H groups in total. The van der Waals surface area contributed by atoms with Gasteiger partial charge in [-0.25, -0.2) is 0 Å². The Balaban J connectivity index is 0. The summed E-state index contributed by atoms with van der Waals surface area (Å²) in [4.78, 5) is 0. The van der Waals surface area contributed by atoms with Crippen molar-refractivity contribution in [1.29, 1.82) is 0 Å². The lowest BCUT2D eigenvalue weighted by Gasteiger charge is -2.05. The molecule has 1 rings (SSSR count). The molecule has 3 nitrogen and oxygen atoms in total. The second kappa shape index (κ2) is 10.3. The topological polar surface area (TPSA) is 55.5 Å². The Hall–Kier alpha value is -1.22. The van der Waals surface area contributed by atoms with E-state index in [-0.39, 0.29) is 7.18 Å². The minimum atomic E-state index is 0. The molecule has 16 heavy (non-hydrogen) atoms. The second-order valence-electron chi connectivity index (χ2n) is 3.20. The van der Waals surface area contributed by atoms with Crippen molar-refractivity contribution in [3.63, 3.8) is 0 Å². The van der Waals surface area contributed by atoms with Gasteiger partial charge >= 0.3 is 0 Å². The second-order valence-corrected chi connectivity index (χ2v) is 3.20. The number of phenolic OH excluding ortho intramolecular Hbond substituents is 1. The van der Waals surface area contributed by atoms with Crippen LogP contribution in [0.2, 0.25) is 0 Å². The highest BCUT2D eigenvalue weighted by Gasteiger charge is 1.94. The van der Waals surface area contributed by atoms with Crippen LogP contribution in [-0.4, -0.2) is 18.3 Å². The molecule has 0 spiro atoms. The Kier molecular flexibility index (Phi) is 9.52. The van der Waals surface area contributed by atoms with Gasteiger partial charge in [0.2, 0.25) is 0 Å². The summed E-state index contributed by atoms with van der Waals surface area (Å²) in [6.07, 6.45) is 3.14. The monoisotopic (exact) mass is 227 g/mol. The van der Waals surface area contributed by atoms with Gasteiger partial charge < -0.3 is 15.6 Å². The summed E-state index contributed by atoms with van der Waals surface area (Å²) in [5, 5.41) is 9.16. The molecule has 94 valence electrons. The van der Waals surface area contributed by atoms with Gasteiger partial charge in [0.25, 0.3) is 0 Å². The van der Waals surface area contributed by atoms with Gasteiger partial charge in [-0.3, -0.25) is 0 Å². The fraction of sp³-hybridized carbons (Fsp3) is 0.538. The maximum Gasteiger partial charge on any atom is 0.122 e. The highest BCUT2D eigenvalue weighted by molar-refractivity contribution is 5.31. The normalized spacial score (nSPS) is 9.19. The van der Waals surface area contributed by atoms with Gasteiger partial charge in [0.1, 0.15) is 11.5 Å². The van der Waals surface area contributed by atoms with Crippen LogP contribution in [0.1, 0.15) is 34.5 Å². The van der Waals surface area contributed by atoms with Crippen molar-refractivity contribution in [2.24, 2.45) is 5.73 Å². The lowest BCUT2D eigenvalue weighted by Crippen LogP contribution is -2.01. The fourth-order valence-corrected chi connectivity index (χ4v) is 1.19. The number of hydrogen-bond donors (Lipinski definition) is 2. The summed E-state index contributed by atoms with van der Waals surface area (Å²) in [6, 6.07) is 6.84. The first-order chi connectivity index (χ1) is 7.83. The van der Waals surface area contributed by atoms with Crippen LogP contribution in [0.4, 0.5) is 0 Å². The van der Waals surface area contributed by atoms with Gasteiger partial charge in [-0.1, -0.05) is 19.9 Å². The van der Waals surface area contributed by atoms with E-state index in [0.29, 0.717) is 6.61 Å². The van der Waals surface area contributed by atoms with Crippen LogP contribution < -0.4 is 10.5 Å². The molecule has 0 saturated carbocycles. The van der Waals surface area contributed by atoms with E-state index < -0.39 is 0 Å². The zero-order chi connectivity index (χ0) is 12.2. The molecule has 3 heteroatoms. The van der Waals surface area contributed by atoms with E-state index >= 15 is 0 Å². The van der Waals surface area contributed by atoms with E-state index in [2.05, 4.69) is 0 Å². The van der Waals surface area contributed by atoms with Crippen LogP contribution in [0, 0.1) is 0 Å².